The molecule has 0 amide bonds. The standard InChI is InChI=1S/C20H25F9NO8S3/c1-15(2,3)11-14(16(4,5)6)12-7-9-13(10-8-12)38-41(36,37)19(25,26)17(21,22)18(23,24)39(32,33)30(31)40(34,35)20(27,28)29/h7-10,14H,11H2,1-6H3/q+1. The van der Waals surface area contributed by atoms with Crippen molar-refractivity contribution in [2.24, 2.45) is 10.8 Å². The summed E-state index contributed by atoms with van der Waals surface area (Å²) >= 11 is 0. The highest BCUT2D eigenvalue weighted by atomic mass is 32.3. The fourth-order valence-electron chi connectivity index (χ4n) is 3.27. The van der Waals surface area contributed by atoms with Crippen LogP contribution in [0.25, 0.3) is 0 Å². The lowest BCUT2D eigenvalue weighted by atomic mass is 9.69. The van der Waals surface area contributed by atoms with E-state index in [-0.39, 0.29) is 11.3 Å². The van der Waals surface area contributed by atoms with Gasteiger partial charge in [0.1, 0.15) is 5.75 Å². The van der Waals surface area contributed by atoms with Crippen LogP contribution in [0.5, 0.6) is 5.75 Å². The van der Waals surface area contributed by atoms with Crippen LogP contribution in [0.3, 0.4) is 0 Å². The number of sulfonamides is 2. The highest BCUT2D eigenvalue weighted by Crippen LogP contribution is 2.52. The summed E-state index contributed by atoms with van der Waals surface area (Å²) in [5, 5.41) is -15.0. The maximum atomic E-state index is 14.3. The van der Waals surface area contributed by atoms with Crippen molar-refractivity contribution in [3.05, 3.63) is 34.7 Å². The predicted molar refractivity (Wildman–Crippen MR) is 125 cm³/mol. The fraction of sp³-hybridized carbons (Fsp3) is 0.700. The first-order valence-electron chi connectivity index (χ1n) is 10.9. The third kappa shape index (κ3) is 6.75. The molecule has 0 aliphatic heterocycles. The van der Waals surface area contributed by atoms with E-state index in [9.17, 15) is 69.7 Å². The minimum absolute atomic E-state index is 0.241. The number of alkyl halides is 9. The van der Waals surface area contributed by atoms with Gasteiger partial charge >= 0.3 is 52.1 Å². The summed E-state index contributed by atoms with van der Waals surface area (Å²) in [6.07, 6.45) is 0.545. The molecule has 1 unspecified atom stereocenters. The van der Waals surface area contributed by atoms with Gasteiger partial charge < -0.3 is 4.18 Å². The lowest BCUT2D eigenvalue weighted by Gasteiger charge is -2.36. The van der Waals surface area contributed by atoms with Crippen LogP contribution in [0.2, 0.25) is 0 Å². The minimum Gasteiger partial charge on any atom is -0.378 e. The average molecular weight is 675 g/mol. The summed E-state index contributed by atoms with van der Waals surface area (Å²) in [5.41, 5.74) is -7.12. The van der Waals surface area contributed by atoms with Gasteiger partial charge in [0.25, 0.3) is 3.57 Å². The van der Waals surface area contributed by atoms with Gasteiger partial charge in [0, 0.05) is 0 Å². The van der Waals surface area contributed by atoms with Gasteiger partial charge in [0.15, 0.2) is 0 Å². The van der Waals surface area contributed by atoms with Crippen LogP contribution < -0.4 is 4.18 Å². The third-order valence-corrected chi connectivity index (χ3v) is 10.2. The lowest BCUT2D eigenvalue weighted by molar-refractivity contribution is -0.284. The molecule has 0 heterocycles. The number of nitroso groups, excluding NO2 is 1. The Morgan fingerprint density at radius 2 is 1.12 bits per heavy atom. The molecule has 1 atom stereocenters. The monoisotopic (exact) mass is 674 g/mol. The molecular formula is C20H25F9NO8S3+. The molecule has 0 aliphatic carbocycles. The average Bonchev–Trinajstić information content (AvgIpc) is 2.74. The molecule has 1 rings (SSSR count). The van der Waals surface area contributed by atoms with Gasteiger partial charge in [-0.25, -0.2) is 0 Å². The molecule has 238 valence electrons. The van der Waals surface area contributed by atoms with Crippen molar-refractivity contribution in [1.82, 2.24) is 0 Å². The number of nitrogens with zero attached hydrogens (tertiary/aromatic N) is 1. The van der Waals surface area contributed by atoms with Crippen LogP contribution in [0.1, 0.15) is 59.4 Å². The number of halogens is 9. The number of hydrogen-bond acceptors (Lipinski definition) is 8. The Morgan fingerprint density at radius 3 is 1.46 bits per heavy atom. The Kier molecular flexibility index (Phi) is 9.47. The zero-order chi connectivity index (χ0) is 33.1. The second-order valence-electron chi connectivity index (χ2n) is 11.0. The Bertz CT molecular complexity index is 1470. The molecule has 9 nitrogen and oxygen atoms in total. The number of rotatable bonds is 10. The first-order valence-corrected chi connectivity index (χ1v) is 15.2. The molecule has 0 saturated heterocycles. The van der Waals surface area contributed by atoms with Crippen LogP contribution in [-0.2, 0) is 30.2 Å². The summed E-state index contributed by atoms with van der Waals surface area (Å²) in [6, 6.07) is 3.68. The predicted octanol–water partition coefficient (Wildman–Crippen LogP) is 5.74. The van der Waals surface area contributed by atoms with Crippen molar-refractivity contribution < 1.29 is 72.5 Å². The molecule has 0 N–H and O–H groups in total. The van der Waals surface area contributed by atoms with Crippen LogP contribution >= 0.6 is 0 Å². The highest BCUT2D eigenvalue weighted by molar-refractivity contribution is 7.98. The van der Waals surface area contributed by atoms with E-state index in [1.54, 1.807) is 0 Å². The van der Waals surface area contributed by atoms with Crippen molar-refractivity contribution in [3.8, 4) is 5.75 Å². The van der Waals surface area contributed by atoms with Crippen LogP contribution in [-0.4, -0.2) is 50.8 Å². The first kappa shape index (κ1) is 36.9. The van der Waals surface area contributed by atoms with E-state index in [2.05, 4.69) is 4.18 Å². The van der Waals surface area contributed by atoms with Crippen LogP contribution in [0, 0.1) is 15.7 Å². The van der Waals surface area contributed by atoms with Crippen molar-refractivity contribution in [2.45, 2.75) is 75.8 Å². The first-order chi connectivity index (χ1) is 17.7. The van der Waals surface area contributed by atoms with Crippen molar-refractivity contribution in [3.63, 3.8) is 0 Å². The summed E-state index contributed by atoms with van der Waals surface area (Å²) < 4.78 is 191. The van der Waals surface area contributed by atoms with E-state index in [1.807, 2.05) is 41.5 Å². The molecule has 0 bridgehead atoms. The van der Waals surface area contributed by atoms with E-state index in [1.165, 1.54) is 0 Å². The van der Waals surface area contributed by atoms with E-state index in [0.717, 1.165) is 12.1 Å². The van der Waals surface area contributed by atoms with Gasteiger partial charge in [0.05, 0.1) is 4.91 Å². The summed E-state index contributed by atoms with van der Waals surface area (Å²) in [7, 11) is -23.6. The van der Waals surface area contributed by atoms with Gasteiger partial charge in [-0.05, 0) is 40.9 Å². The minimum atomic E-state index is -8.41. The fourth-order valence-corrected chi connectivity index (χ4v) is 6.62. The topological polar surface area (TPSA) is 132 Å². The lowest BCUT2D eigenvalue weighted by Crippen LogP contribution is -2.63. The third-order valence-electron chi connectivity index (χ3n) is 5.40. The molecule has 1 aromatic carbocycles. The Labute approximate surface area is 229 Å². The second kappa shape index (κ2) is 10.5. The number of hydrogen-bond donors (Lipinski definition) is 0. The summed E-state index contributed by atoms with van der Waals surface area (Å²) in [4.78, 5) is 11.1. The zero-order valence-electron chi connectivity index (χ0n) is 21.9. The van der Waals surface area contributed by atoms with E-state index in [0.29, 0.717) is 24.1 Å². The quantitative estimate of drug-likeness (QED) is 0.175. The van der Waals surface area contributed by atoms with Gasteiger partial charge in [-0.1, -0.05) is 53.7 Å². The van der Waals surface area contributed by atoms with E-state index >= 15 is 0 Å². The maximum Gasteiger partial charge on any atom is 0.566 e. The SMILES string of the molecule is CC(C)(C)CC(c1ccc(OS(=O)(=O)C(F)(F)C(F)(F)C(F)(F)S(=O)(=O)[N+](=O)S(=O)(=O)C(F)(F)F)cc1)C(C)(C)C. The Morgan fingerprint density at radius 1 is 0.707 bits per heavy atom. The highest BCUT2D eigenvalue weighted by Gasteiger charge is 2.88. The van der Waals surface area contributed by atoms with Gasteiger partial charge in [-0.2, -0.15) is 56.3 Å². The van der Waals surface area contributed by atoms with Crippen LogP contribution in [0.15, 0.2) is 24.3 Å². The number of benzene rings is 1. The molecule has 0 spiro atoms. The second-order valence-corrected chi connectivity index (χ2v) is 16.4. The normalized spacial score (nSPS) is 15.9. The molecule has 1 aromatic rings. The molecule has 21 heteroatoms. The molecule has 0 saturated carbocycles. The van der Waals surface area contributed by atoms with Crippen molar-refractivity contribution in [1.29, 1.82) is 0 Å². The smallest absolute Gasteiger partial charge is 0.378 e. The summed E-state index contributed by atoms with van der Waals surface area (Å²) in [5.74, 6) is -9.15. The Hall–Kier alpha value is -2.16. The maximum absolute atomic E-state index is 14.3. The van der Waals surface area contributed by atoms with E-state index in [4.69, 9.17) is 0 Å². The molecule has 41 heavy (non-hydrogen) atoms. The van der Waals surface area contributed by atoms with Crippen molar-refractivity contribution >= 4 is 30.2 Å². The molecular weight excluding hydrogens is 649 g/mol. The molecule has 0 fully saturated rings. The zero-order valence-corrected chi connectivity index (χ0v) is 24.4. The van der Waals surface area contributed by atoms with Crippen LogP contribution in [0.4, 0.5) is 39.5 Å². The Balaban J connectivity index is 3.52. The van der Waals surface area contributed by atoms with Gasteiger partial charge in [-0.15, -0.1) is 8.42 Å². The molecule has 0 radical (unpaired) electrons. The van der Waals surface area contributed by atoms with Gasteiger partial charge in [0.2, 0.25) is 0 Å². The molecule has 0 aliphatic rings. The largest absolute Gasteiger partial charge is 0.566 e. The van der Waals surface area contributed by atoms with Gasteiger partial charge in [-0.3, -0.25) is 0 Å². The summed E-state index contributed by atoms with van der Waals surface area (Å²) in [6.45, 7) is 11.2. The molecule has 0 aromatic heterocycles. The van der Waals surface area contributed by atoms with E-state index < -0.39 is 66.8 Å². The van der Waals surface area contributed by atoms with Crippen molar-refractivity contribution in [2.75, 3.05) is 0 Å².